The molecular formula is C14H20N2O3. The van der Waals surface area contributed by atoms with E-state index in [0.29, 0.717) is 30.2 Å². The molecular weight excluding hydrogens is 244 g/mol. The van der Waals surface area contributed by atoms with E-state index in [-0.39, 0.29) is 18.1 Å². The van der Waals surface area contributed by atoms with Gasteiger partial charge < -0.3 is 14.2 Å². The lowest BCUT2D eigenvalue weighted by Crippen LogP contribution is -2.55. The van der Waals surface area contributed by atoms with E-state index in [1.54, 1.807) is 6.92 Å². The maximum atomic E-state index is 12.7. The van der Waals surface area contributed by atoms with Crippen LogP contribution in [0.2, 0.25) is 0 Å². The molecule has 19 heavy (non-hydrogen) atoms. The van der Waals surface area contributed by atoms with Crippen LogP contribution in [0.4, 0.5) is 0 Å². The quantitative estimate of drug-likeness (QED) is 0.779. The van der Waals surface area contributed by atoms with Crippen molar-refractivity contribution in [2.45, 2.75) is 51.7 Å². The van der Waals surface area contributed by atoms with Crippen LogP contribution in [0.3, 0.4) is 0 Å². The first-order valence-corrected chi connectivity index (χ1v) is 7.04. The maximum Gasteiger partial charge on any atom is 0.259 e. The molecule has 0 spiro atoms. The molecule has 2 fully saturated rings. The van der Waals surface area contributed by atoms with Gasteiger partial charge in [0.1, 0.15) is 11.3 Å². The number of hydrogen-bond donors (Lipinski definition) is 0. The van der Waals surface area contributed by atoms with Gasteiger partial charge in [0.15, 0.2) is 0 Å². The fraction of sp³-hybridized carbons (Fsp3) is 0.714. The lowest BCUT2D eigenvalue weighted by Gasteiger charge is -2.43. The summed E-state index contributed by atoms with van der Waals surface area (Å²) in [6.45, 7) is 4.93. The summed E-state index contributed by atoms with van der Waals surface area (Å²) < 4.78 is 10.9. The predicted molar refractivity (Wildman–Crippen MR) is 69.0 cm³/mol. The van der Waals surface area contributed by atoms with E-state index in [1.165, 1.54) is 12.8 Å². The Hall–Kier alpha value is -1.36. The molecule has 5 heteroatoms. The highest BCUT2D eigenvalue weighted by Crippen LogP contribution is 2.30. The molecule has 1 aromatic rings. The lowest BCUT2D eigenvalue weighted by atomic mass is 9.89. The summed E-state index contributed by atoms with van der Waals surface area (Å²) in [5, 5.41) is 3.88. The second-order valence-electron chi connectivity index (χ2n) is 5.46. The number of morpholine rings is 1. The summed E-state index contributed by atoms with van der Waals surface area (Å²) in [4.78, 5) is 14.7. The van der Waals surface area contributed by atoms with Gasteiger partial charge in [0, 0.05) is 6.54 Å². The molecule has 0 bridgehead atoms. The van der Waals surface area contributed by atoms with Crippen LogP contribution in [0.25, 0.3) is 0 Å². The van der Waals surface area contributed by atoms with Crippen LogP contribution in [0.1, 0.15) is 47.5 Å². The fourth-order valence-corrected chi connectivity index (χ4v) is 3.28. The third kappa shape index (κ3) is 2.16. The Morgan fingerprint density at radius 3 is 2.84 bits per heavy atom. The van der Waals surface area contributed by atoms with Crippen LogP contribution in [0.5, 0.6) is 0 Å². The van der Waals surface area contributed by atoms with Gasteiger partial charge in [0.25, 0.3) is 5.91 Å². The molecule has 0 unspecified atom stereocenters. The van der Waals surface area contributed by atoms with Crippen molar-refractivity contribution < 1.29 is 14.1 Å². The average Bonchev–Trinajstić information content (AvgIpc) is 2.77. The van der Waals surface area contributed by atoms with Crippen molar-refractivity contribution in [3.63, 3.8) is 0 Å². The molecule has 5 nitrogen and oxygen atoms in total. The van der Waals surface area contributed by atoms with E-state index in [1.807, 2.05) is 11.8 Å². The first-order chi connectivity index (χ1) is 9.18. The second kappa shape index (κ2) is 4.96. The zero-order chi connectivity index (χ0) is 13.4. The number of carbonyl (C=O) groups excluding carboxylic acids is 1. The summed E-state index contributed by atoms with van der Waals surface area (Å²) in [6, 6.07) is 0.226. The maximum absolute atomic E-state index is 12.7. The summed E-state index contributed by atoms with van der Waals surface area (Å²) in [5.74, 6) is 0.665. The molecule has 1 saturated heterocycles. The molecule has 3 rings (SSSR count). The first-order valence-electron chi connectivity index (χ1n) is 7.04. The fourth-order valence-electron chi connectivity index (χ4n) is 3.28. The average molecular weight is 264 g/mol. The van der Waals surface area contributed by atoms with Crippen LogP contribution in [-0.4, -0.2) is 41.3 Å². The Labute approximate surface area is 112 Å². The smallest absolute Gasteiger partial charge is 0.259 e. The van der Waals surface area contributed by atoms with E-state index < -0.39 is 0 Å². The Balaban J connectivity index is 1.86. The summed E-state index contributed by atoms with van der Waals surface area (Å²) in [5.41, 5.74) is 1.31. The van der Waals surface area contributed by atoms with Crippen molar-refractivity contribution in [3.8, 4) is 0 Å². The van der Waals surface area contributed by atoms with Crippen molar-refractivity contribution in [1.29, 1.82) is 0 Å². The first kappa shape index (κ1) is 12.7. The molecule has 1 saturated carbocycles. The van der Waals surface area contributed by atoms with Gasteiger partial charge in [-0.15, -0.1) is 0 Å². The Morgan fingerprint density at radius 1 is 1.32 bits per heavy atom. The zero-order valence-corrected chi connectivity index (χ0v) is 11.5. The molecule has 0 N–H and O–H groups in total. The van der Waals surface area contributed by atoms with Crippen molar-refractivity contribution in [1.82, 2.24) is 10.1 Å². The highest BCUT2D eigenvalue weighted by atomic mass is 16.5. The van der Waals surface area contributed by atoms with Gasteiger partial charge in [-0.25, -0.2) is 0 Å². The minimum atomic E-state index is 0.0523. The van der Waals surface area contributed by atoms with Crippen LogP contribution in [0.15, 0.2) is 4.52 Å². The Morgan fingerprint density at radius 2 is 2.11 bits per heavy atom. The molecule has 1 amide bonds. The largest absolute Gasteiger partial charge is 0.374 e. The predicted octanol–water partition coefficient (Wildman–Crippen LogP) is 2.08. The second-order valence-corrected chi connectivity index (χ2v) is 5.46. The molecule has 1 aliphatic carbocycles. The third-order valence-corrected chi connectivity index (χ3v) is 4.24. The van der Waals surface area contributed by atoms with Crippen LogP contribution in [-0.2, 0) is 4.74 Å². The van der Waals surface area contributed by atoms with Gasteiger partial charge in [0.2, 0.25) is 0 Å². The molecule has 2 heterocycles. The van der Waals surface area contributed by atoms with E-state index in [0.717, 1.165) is 12.8 Å². The number of fused-ring (bicyclic) bond motifs is 1. The number of aromatic nitrogens is 1. The minimum Gasteiger partial charge on any atom is -0.374 e. The zero-order valence-electron chi connectivity index (χ0n) is 11.5. The monoisotopic (exact) mass is 264 g/mol. The molecule has 104 valence electrons. The highest BCUT2D eigenvalue weighted by molar-refractivity contribution is 5.96. The van der Waals surface area contributed by atoms with Crippen LogP contribution in [0, 0.1) is 13.8 Å². The van der Waals surface area contributed by atoms with Gasteiger partial charge in [0.05, 0.1) is 24.4 Å². The molecule has 1 aliphatic heterocycles. The van der Waals surface area contributed by atoms with Crippen LogP contribution >= 0.6 is 0 Å². The summed E-state index contributed by atoms with van der Waals surface area (Å²) >= 11 is 0. The standard InChI is InChI=1S/C14H20N2O3/c1-9-13(10(2)19-15-9)14(17)16-7-8-18-12-6-4-3-5-11(12)16/h11-12H,3-8H2,1-2H3/t11-,12+/m1/s1. The van der Waals surface area contributed by atoms with Gasteiger partial charge in [-0.05, 0) is 26.7 Å². The van der Waals surface area contributed by atoms with E-state index in [9.17, 15) is 4.79 Å². The van der Waals surface area contributed by atoms with Crippen molar-refractivity contribution in [2.24, 2.45) is 0 Å². The van der Waals surface area contributed by atoms with Gasteiger partial charge in [-0.1, -0.05) is 18.0 Å². The van der Waals surface area contributed by atoms with Gasteiger partial charge >= 0.3 is 0 Å². The normalized spacial score (nSPS) is 27.2. The van der Waals surface area contributed by atoms with Crippen molar-refractivity contribution in [2.75, 3.05) is 13.2 Å². The molecule has 0 radical (unpaired) electrons. The molecule has 0 aromatic carbocycles. The van der Waals surface area contributed by atoms with Gasteiger partial charge in [-0.2, -0.15) is 0 Å². The number of rotatable bonds is 1. The lowest BCUT2D eigenvalue weighted by molar-refractivity contribution is -0.0753. The number of hydrogen-bond acceptors (Lipinski definition) is 4. The van der Waals surface area contributed by atoms with E-state index in [4.69, 9.17) is 9.26 Å². The minimum absolute atomic E-state index is 0.0523. The molecule has 2 atom stereocenters. The Kier molecular flexibility index (Phi) is 3.31. The number of carbonyl (C=O) groups is 1. The van der Waals surface area contributed by atoms with Crippen molar-refractivity contribution in [3.05, 3.63) is 17.0 Å². The molecule has 2 aliphatic rings. The van der Waals surface area contributed by atoms with Gasteiger partial charge in [-0.3, -0.25) is 4.79 Å². The van der Waals surface area contributed by atoms with Crippen molar-refractivity contribution >= 4 is 5.91 Å². The topological polar surface area (TPSA) is 55.6 Å². The highest BCUT2D eigenvalue weighted by Gasteiger charge is 2.38. The van der Waals surface area contributed by atoms with Crippen LogP contribution < -0.4 is 0 Å². The summed E-state index contributed by atoms with van der Waals surface area (Å²) in [6.07, 6.45) is 4.70. The summed E-state index contributed by atoms with van der Waals surface area (Å²) in [7, 11) is 0. The number of amides is 1. The number of ether oxygens (including phenoxy) is 1. The van der Waals surface area contributed by atoms with E-state index in [2.05, 4.69) is 5.16 Å². The third-order valence-electron chi connectivity index (χ3n) is 4.24. The number of aryl methyl sites for hydroxylation is 2. The van der Waals surface area contributed by atoms with E-state index >= 15 is 0 Å². The SMILES string of the molecule is Cc1noc(C)c1C(=O)N1CCO[C@H]2CCCC[C@H]21. The molecule has 1 aromatic heterocycles. The number of nitrogens with zero attached hydrogens (tertiary/aromatic N) is 2. The Bertz CT molecular complexity index is 462.